The first kappa shape index (κ1) is 16.6. The highest BCUT2D eigenvalue weighted by atomic mass is 16.6. The van der Waals surface area contributed by atoms with Crippen molar-refractivity contribution in [3.05, 3.63) is 23.3 Å². The Balaban J connectivity index is 1.42. The molecule has 3 saturated carbocycles. The Morgan fingerprint density at radius 2 is 1.96 bits per heavy atom. The lowest BCUT2D eigenvalue weighted by molar-refractivity contribution is -0.163. The van der Waals surface area contributed by atoms with Crippen molar-refractivity contribution in [2.24, 2.45) is 28.6 Å². The molecule has 5 aliphatic carbocycles. The van der Waals surface area contributed by atoms with Crippen LogP contribution < -0.4 is 0 Å². The first-order valence-corrected chi connectivity index (χ1v) is 11.2. The van der Waals surface area contributed by atoms with Gasteiger partial charge in [-0.15, -0.1) is 0 Å². The van der Waals surface area contributed by atoms with Crippen LogP contribution in [0.4, 0.5) is 0 Å². The Bertz CT molecular complexity index is 800. The van der Waals surface area contributed by atoms with Gasteiger partial charge in [0.15, 0.2) is 0 Å². The van der Waals surface area contributed by atoms with Crippen LogP contribution in [-0.4, -0.2) is 17.4 Å². The van der Waals surface area contributed by atoms with Crippen LogP contribution in [0.1, 0.15) is 77.6 Å². The molecule has 6 aliphatic rings. The van der Waals surface area contributed by atoms with Crippen LogP contribution in [0.5, 0.6) is 0 Å². The molecule has 3 fully saturated rings. The molecule has 0 aromatic carbocycles. The average molecular weight is 367 g/mol. The van der Waals surface area contributed by atoms with Crippen molar-refractivity contribution in [2.75, 3.05) is 0 Å². The molecule has 2 spiro atoms. The lowest BCUT2D eigenvalue weighted by Gasteiger charge is -2.56. The van der Waals surface area contributed by atoms with Gasteiger partial charge in [0.2, 0.25) is 0 Å². The van der Waals surface area contributed by atoms with E-state index in [0.717, 1.165) is 38.0 Å². The summed E-state index contributed by atoms with van der Waals surface area (Å²) >= 11 is 0. The van der Waals surface area contributed by atoms with Gasteiger partial charge < -0.3 is 4.74 Å². The lowest BCUT2D eigenvalue weighted by atomic mass is 9.49. The zero-order valence-electron chi connectivity index (χ0n) is 16.4. The van der Waals surface area contributed by atoms with Crippen LogP contribution >= 0.6 is 0 Å². The van der Waals surface area contributed by atoms with Crippen molar-refractivity contribution < 1.29 is 14.3 Å². The molecule has 0 aromatic heterocycles. The number of Topliss-reactive ketones (excluding diaryl/α,β-unsaturated/α-hetero) is 1. The SMILES string of the molecule is CC[C@]12CC[C@@H]3C4=C(CC(=O)CC4)C4(CC4)C[C@H]3[C@@H]1CC[C@@]21C=CC(=O)O1. The number of esters is 1. The molecule has 144 valence electrons. The highest BCUT2D eigenvalue weighted by Gasteiger charge is 2.67. The molecule has 27 heavy (non-hydrogen) atoms. The van der Waals surface area contributed by atoms with Crippen molar-refractivity contribution in [2.45, 2.75) is 83.2 Å². The van der Waals surface area contributed by atoms with Gasteiger partial charge in [-0.05, 0) is 87.0 Å². The van der Waals surface area contributed by atoms with Crippen LogP contribution in [0.2, 0.25) is 0 Å². The fourth-order valence-corrected chi connectivity index (χ4v) is 8.44. The molecule has 1 heterocycles. The van der Waals surface area contributed by atoms with E-state index < -0.39 is 0 Å². The van der Waals surface area contributed by atoms with E-state index in [-0.39, 0.29) is 17.0 Å². The van der Waals surface area contributed by atoms with Crippen molar-refractivity contribution in [1.29, 1.82) is 0 Å². The minimum absolute atomic E-state index is 0.134. The third-order valence-electron chi connectivity index (χ3n) is 9.72. The Morgan fingerprint density at radius 3 is 2.67 bits per heavy atom. The second-order valence-electron chi connectivity index (χ2n) is 10.3. The van der Waals surface area contributed by atoms with Gasteiger partial charge in [-0.25, -0.2) is 4.79 Å². The number of carbonyl (C=O) groups is 2. The zero-order chi connectivity index (χ0) is 18.4. The molecule has 3 nitrogen and oxygen atoms in total. The molecule has 0 aromatic rings. The summed E-state index contributed by atoms with van der Waals surface area (Å²) in [6.07, 6.45) is 16.0. The maximum atomic E-state index is 12.2. The normalized spacial score (nSPS) is 46.5. The number of ether oxygens (including phenoxy) is 1. The summed E-state index contributed by atoms with van der Waals surface area (Å²) in [6.45, 7) is 2.32. The first-order chi connectivity index (χ1) is 13.0. The minimum Gasteiger partial charge on any atom is -0.451 e. The van der Waals surface area contributed by atoms with E-state index >= 15 is 0 Å². The first-order valence-electron chi connectivity index (χ1n) is 11.2. The van der Waals surface area contributed by atoms with E-state index in [9.17, 15) is 9.59 Å². The topological polar surface area (TPSA) is 43.4 Å². The Hall–Kier alpha value is -1.38. The van der Waals surface area contributed by atoms with E-state index in [1.54, 1.807) is 17.2 Å². The highest BCUT2D eigenvalue weighted by molar-refractivity contribution is 5.85. The van der Waals surface area contributed by atoms with Crippen LogP contribution in [0.15, 0.2) is 23.3 Å². The Labute approximate surface area is 161 Å². The molecule has 0 bridgehead atoms. The fourth-order valence-electron chi connectivity index (χ4n) is 8.44. The molecule has 3 heteroatoms. The third kappa shape index (κ3) is 1.94. The average Bonchev–Trinajstić information content (AvgIpc) is 3.22. The van der Waals surface area contributed by atoms with Crippen molar-refractivity contribution in [1.82, 2.24) is 0 Å². The number of hydrogen-bond acceptors (Lipinski definition) is 3. The molecule has 0 radical (unpaired) electrons. The van der Waals surface area contributed by atoms with E-state index in [1.165, 1.54) is 38.5 Å². The summed E-state index contributed by atoms with van der Waals surface area (Å²) in [5.41, 5.74) is 3.47. The number of hydrogen-bond donors (Lipinski definition) is 0. The molecule has 0 amide bonds. The summed E-state index contributed by atoms with van der Waals surface area (Å²) in [6, 6.07) is 0. The van der Waals surface area contributed by atoms with Crippen molar-refractivity contribution >= 4 is 11.8 Å². The molecule has 0 N–H and O–H groups in total. The maximum Gasteiger partial charge on any atom is 0.331 e. The lowest BCUT2D eigenvalue weighted by Crippen LogP contribution is -2.53. The highest BCUT2D eigenvalue weighted by Crippen LogP contribution is 2.72. The standard InChI is InChI=1S/C24H30O3/c1-2-23-8-5-16-17-4-3-15(25)13-20(17)22(11-12-22)14-18(16)19(23)6-9-24(23)10-7-21(26)27-24/h7,10,16,18-19H,2-6,8-9,11-14H2,1H3/t16-,18-,19+,23+,24-/m1/s1. The van der Waals surface area contributed by atoms with Gasteiger partial charge in [0.25, 0.3) is 0 Å². The maximum absolute atomic E-state index is 12.2. The Kier molecular flexibility index (Phi) is 3.16. The smallest absolute Gasteiger partial charge is 0.331 e. The molecule has 1 aliphatic heterocycles. The molecular weight excluding hydrogens is 336 g/mol. The summed E-state index contributed by atoms with van der Waals surface area (Å²) in [7, 11) is 0. The number of allylic oxidation sites excluding steroid dienone is 2. The second-order valence-corrected chi connectivity index (χ2v) is 10.3. The molecule has 6 rings (SSSR count). The van der Waals surface area contributed by atoms with Crippen LogP contribution in [0.25, 0.3) is 0 Å². The number of carbonyl (C=O) groups excluding carboxylic acids is 2. The van der Waals surface area contributed by atoms with Crippen molar-refractivity contribution in [3.63, 3.8) is 0 Å². The van der Waals surface area contributed by atoms with Gasteiger partial charge in [0.1, 0.15) is 11.4 Å². The van der Waals surface area contributed by atoms with Crippen LogP contribution in [0, 0.1) is 28.6 Å². The molecule has 0 unspecified atom stereocenters. The third-order valence-corrected chi connectivity index (χ3v) is 9.72. The predicted octanol–water partition coefficient (Wildman–Crippen LogP) is 4.90. The van der Waals surface area contributed by atoms with Gasteiger partial charge in [0.05, 0.1) is 0 Å². The molecule has 5 atom stereocenters. The van der Waals surface area contributed by atoms with Gasteiger partial charge in [-0.1, -0.05) is 18.1 Å². The van der Waals surface area contributed by atoms with E-state index in [0.29, 0.717) is 23.0 Å². The van der Waals surface area contributed by atoms with Crippen LogP contribution in [-0.2, 0) is 14.3 Å². The number of fused-ring (bicyclic) bond motifs is 6. The zero-order valence-corrected chi connectivity index (χ0v) is 16.4. The van der Waals surface area contributed by atoms with E-state index in [4.69, 9.17) is 4.74 Å². The Morgan fingerprint density at radius 1 is 1.11 bits per heavy atom. The quantitative estimate of drug-likeness (QED) is 0.489. The fraction of sp³-hybridized carbons (Fsp3) is 0.750. The van der Waals surface area contributed by atoms with Gasteiger partial charge in [-0.3, -0.25) is 4.79 Å². The summed E-state index contributed by atoms with van der Waals surface area (Å²) in [5, 5.41) is 0. The van der Waals surface area contributed by atoms with Gasteiger partial charge in [0, 0.05) is 24.3 Å². The van der Waals surface area contributed by atoms with Crippen LogP contribution in [0.3, 0.4) is 0 Å². The largest absolute Gasteiger partial charge is 0.451 e. The van der Waals surface area contributed by atoms with E-state index in [2.05, 4.69) is 13.0 Å². The molecular formula is C24H30O3. The summed E-state index contributed by atoms with van der Waals surface area (Å²) in [5.74, 6) is 2.44. The second kappa shape index (κ2) is 5.15. The summed E-state index contributed by atoms with van der Waals surface area (Å²) < 4.78 is 6.03. The summed E-state index contributed by atoms with van der Waals surface area (Å²) in [4.78, 5) is 24.2. The number of rotatable bonds is 1. The monoisotopic (exact) mass is 366 g/mol. The van der Waals surface area contributed by atoms with E-state index in [1.807, 2.05) is 0 Å². The molecule has 0 saturated heterocycles. The van der Waals surface area contributed by atoms with Gasteiger partial charge >= 0.3 is 5.97 Å². The minimum atomic E-state index is -0.331. The van der Waals surface area contributed by atoms with Gasteiger partial charge in [-0.2, -0.15) is 0 Å². The van der Waals surface area contributed by atoms with Crippen molar-refractivity contribution in [3.8, 4) is 0 Å². The predicted molar refractivity (Wildman–Crippen MR) is 102 cm³/mol. The number of ketones is 1.